The monoisotopic (exact) mass is 312 g/mol. The van der Waals surface area contributed by atoms with Gasteiger partial charge in [-0.05, 0) is 20.8 Å². The number of aliphatic hydroxyl groups is 1. The van der Waals surface area contributed by atoms with Crippen molar-refractivity contribution in [3.63, 3.8) is 0 Å². The highest BCUT2D eigenvalue weighted by molar-refractivity contribution is 14.1. The Morgan fingerprint density at radius 3 is 2.14 bits per heavy atom. The molecule has 84 valence electrons. The summed E-state index contributed by atoms with van der Waals surface area (Å²) in [5.41, 5.74) is -0.0550. The van der Waals surface area contributed by atoms with Crippen LogP contribution < -0.4 is 0 Å². The molecule has 0 aromatic heterocycles. The van der Waals surface area contributed by atoms with E-state index in [9.17, 15) is 5.11 Å². The number of aliphatic hydroxyl groups excluding tert-OH is 1. The van der Waals surface area contributed by atoms with Gasteiger partial charge in [0.05, 0.1) is 10.7 Å². The average molecular weight is 312 g/mol. The molecule has 1 rings (SSSR count). The van der Waals surface area contributed by atoms with Crippen molar-refractivity contribution in [2.24, 2.45) is 0 Å². The summed E-state index contributed by atoms with van der Waals surface area (Å²) < 4.78 is 0.618. The van der Waals surface area contributed by atoms with E-state index in [-0.39, 0.29) is 12.1 Å². The van der Waals surface area contributed by atoms with Crippen LogP contribution in [0.2, 0.25) is 0 Å². The predicted octanol–water partition coefficient (Wildman–Crippen LogP) is 1.16. The largest absolute Gasteiger partial charge is 0.394 e. The lowest BCUT2D eigenvalue weighted by atomic mass is 10.0. The van der Waals surface area contributed by atoms with Crippen LogP contribution in [0.25, 0.3) is 0 Å². The van der Waals surface area contributed by atoms with Crippen molar-refractivity contribution < 1.29 is 5.11 Å². The highest BCUT2D eigenvalue weighted by Crippen LogP contribution is 2.18. The molecule has 0 saturated carbocycles. The molecule has 1 unspecified atom stereocenters. The van der Waals surface area contributed by atoms with Gasteiger partial charge in [0, 0.05) is 31.7 Å². The highest BCUT2D eigenvalue weighted by atomic mass is 127. The van der Waals surface area contributed by atoms with Gasteiger partial charge < -0.3 is 5.11 Å². The molecule has 1 saturated heterocycles. The second-order valence-electron chi connectivity index (χ2n) is 4.57. The summed E-state index contributed by atoms with van der Waals surface area (Å²) in [5.74, 6) is 0. The lowest BCUT2D eigenvalue weighted by Crippen LogP contribution is -2.56. The molecule has 0 aromatic rings. The number of piperazine rings is 1. The molecule has 0 spiro atoms. The number of hydrogen-bond acceptors (Lipinski definition) is 3. The maximum atomic E-state index is 9.26. The topological polar surface area (TPSA) is 26.7 Å². The SMILES string of the molecule is CC(I)N1CCN(C(C)(C)CO)CC1. The molecule has 0 amide bonds. The molecular weight excluding hydrogens is 291 g/mol. The Bertz CT molecular complexity index is 177. The molecule has 0 aromatic carbocycles. The minimum absolute atomic E-state index is 0.0550. The van der Waals surface area contributed by atoms with E-state index < -0.39 is 0 Å². The molecule has 1 atom stereocenters. The summed E-state index contributed by atoms with van der Waals surface area (Å²) in [4.78, 5) is 4.85. The van der Waals surface area contributed by atoms with Gasteiger partial charge in [-0.1, -0.05) is 22.6 Å². The molecule has 3 nitrogen and oxygen atoms in total. The van der Waals surface area contributed by atoms with Gasteiger partial charge in [-0.2, -0.15) is 0 Å². The van der Waals surface area contributed by atoms with Crippen LogP contribution >= 0.6 is 22.6 Å². The highest BCUT2D eigenvalue weighted by Gasteiger charge is 2.29. The Labute approximate surface area is 101 Å². The summed E-state index contributed by atoms with van der Waals surface area (Å²) in [6.45, 7) is 11.1. The first-order valence-electron chi connectivity index (χ1n) is 5.21. The number of hydrogen-bond donors (Lipinski definition) is 1. The van der Waals surface area contributed by atoms with E-state index in [1.165, 1.54) is 0 Å². The molecular formula is C10H21IN2O. The quantitative estimate of drug-likeness (QED) is 0.481. The van der Waals surface area contributed by atoms with E-state index in [1.807, 2.05) is 0 Å². The predicted molar refractivity (Wildman–Crippen MR) is 67.8 cm³/mol. The fourth-order valence-electron chi connectivity index (χ4n) is 1.78. The molecule has 1 N–H and O–H groups in total. The summed E-state index contributed by atoms with van der Waals surface area (Å²) in [6.07, 6.45) is 0. The molecule has 1 aliphatic rings. The number of halogens is 1. The molecule has 0 radical (unpaired) electrons. The fourth-order valence-corrected chi connectivity index (χ4v) is 2.34. The fraction of sp³-hybridized carbons (Fsp3) is 1.00. The summed E-state index contributed by atoms with van der Waals surface area (Å²) in [6, 6.07) is 0. The summed E-state index contributed by atoms with van der Waals surface area (Å²) in [5, 5.41) is 9.26. The molecule has 4 heteroatoms. The molecule has 1 fully saturated rings. The number of alkyl halides is 1. The second kappa shape index (κ2) is 5.09. The standard InChI is InChI=1S/C10H21IN2O/c1-9(11)12-4-6-13(7-5-12)10(2,3)8-14/h9,14H,4-8H2,1-3H3. The van der Waals surface area contributed by atoms with Gasteiger partial charge in [0.2, 0.25) is 0 Å². The van der Waals surface area contributed by atoms with Gasteiger partial charge in [0.15, 0.2) is 0 Å². The van der Waals surface area contributed by atoms with Gasteiger partial charge in [-0.25, -0.2) is 0 Å². The Morgan fingerprint density at radius 1 is 1.29 bits per heavy atom. The zero-order valence-corrected chi connectivity index (χ0v) is 11.5. The first-order chi connectivity index (χ1) is 6.47. The molecule has 14 heavy (non-hydrogen) atoms. The minimum Gasteiger partial charge on any atom is -0.394 e. The van der Waals surface area contributed by atoms with E-state index in [2.05, 4.69) is 53.2 Å². The van der Waals surface area contributed by atoms with Crippen molar-refractivity contribution in [3.05, 3.63) is 0 Å². The molecule has 1 aliphatic heterocycles. The van der Waals surface area contributed by atoms with E-state index >= 15 is 0 Å². The Hall–Kier alpha value is 0.610. The smallest absolute Gasteiger partial charge is 0.0610 e. The van der Waals surface area contributed by atoms with Gasteiger partial charge in [0.25, 0.3) is 0 Å². The van der Waals surface area contributed by atoms with E-state index in [0.717, 1.165) is 26.2 Å². The Balaban J connectivity index is 2.43. The third-order valence-corrected chi connectivity index (χ3v) is 3.85. The van der Waals surface area contributed by atoms with E-state index in [4.69, 9.17) is 0 Å². The Kier molecular flexibility index (Phi) is 4.61. The lowest BCUT2D eigenvalue weighted by Gasteiger charge is -2.43. The van der Waals surface area contributed by atoms with Crippen molar-refractivity contribution in [2.45, 2.75) is 30.4 Å². The first-order valence-corrected chi connectivity index (χ1v) is 6.46. The van der Waals surface area contributed by atoms with Crippen molar-refractivity contribution in [2.75, 3.05) is 32.8 Å². The Morgan fingerprint density at radius 2 is 1.79 bits per heavy atom. The molecule has 0 bridgehead atoms. The van der Waals surface area contributed by atoms with Crippen LogP contribution in [0.1, 0.15) is 20.8 Å². The maximum Gasteiger partial charge on any atom is 0.0610 e. The molecule has 0 aliphatic carbocycles. The van der Waals surface area contributed by atoms with Crippen LogP contribution in [-0.4, -0.2) is 57.3 Å². The zero-order chi connectivity index (χ0) is 10.8. The minimum atomic E-state index is -0.0550. The van der Waals surface area contributed by atoms with Crippen molar-refractivity contribution in [3.8, 4) is 0 Å². The lowest BCUT2D eigenvalue weighted by molar-refractivity contribution is 0.0166. The van der Waals surface area contributed by atoms with Gasteiger partial charge >= 0.3 is 0 Å². The third kappa shape index (κ3) is 3.05. The number of nitrogens with zero attached hydrogens (tertiary/aromatic N) is 2. The van der Waals surface area contributed by atoms with Crippen molar-refractivity contribution >= 4 is 22.6 Å². The first kappa shape index (κ1) is 12.7. The van der Waals surface area contributed by atoms with Crippen molar-refractivity contribution in [1.29, 1.82) is 0 Å². The van der Waals surface area contributed by atoms with E-state index in [1.54, 1.807) is 0 Å². The van der Waals surface area contributed by atoms with Gasteiger partial charge in [-0.3, -0.25) is 9.80 Å². The summed E-state index contributed by atoms with van der Waals surface area (Å²) >= 11 is 2.46. The van der Waals surface area contributed by atoms with Gasteiger partial charge in [0.1, 0.15) is 0 Å². The second-order valence-corrected chi connectivity index (χ2v) is 6.37. The van der Waals surface area contributed by atoms with Crippen molar-refractivity contribution in [1.82, 2.24) is 9.80 Å². The van der Waals surface area contributed by atoms with Crippen LogP contribution in [0.4, 0.5) is 0 Å². The molecule has 1 heterocycles. The summed E-state index contributed by atoms with van der Waals surface area (Å²) in [7, 11) is 0. The third-order valence-electron chi connectivity index (χ3n) is 3.06. The van der Waals surface area contributed by atoms with Gasteiger partial charge in [-0.15, -0.1) is 0 Å². The van der Waals surface area contributed by atoms with Crippen LogP contribution in [-0.2, 0) is 0 Å². The van der Waals surface area contributed by atoms with Crippen LogP contribution in [0.15, 0.2) is 0 Å². The average Bonchev–Trinajstić information content (AvgIpc) is 2.18. The maximum absolute atomic E-state index is 9.26. The van der Waals surface area contributed by atoms with Crippen LogP contribution in [0, 0.1) is 0 Å². The van der Waals surface area contributed by atoms with E-state index in [0.29, 0.717) is 4.05 Å². The zero-order valence-electron chi connectivity index (χ0n) is 9.33. The normalized spacial score (nSPS) is 23.8. The van der Waals surface area contributed by atoms with Crippen LogP contribution in [0.5, 0.6) is 0 Å². The number of rotatable bonds is 3. The van der Waals surface area contributed by atoms with Crippen LogP contribution in [0.3, 0.4) is 0 Å².